The summed E-state index contributed by atoms with van der Waals surface area (Å²) in [6.45, 7) is 4.05. The van der Waals surface area contributed by atoms with E-state index in [1.807, 2.05) is 18.2 Å². The molecule has 1 N–H and O–H groups in total. The highest BCUT2D eigenvalue weighted by molar-refractivity contribution is 5.66. The van der Waals surface area contributed by atoms with Crippen LogP contribution in [0.3, 0.4) is 0 Å². The summed E-state index contributed by atoms with van der Waals surface area (Å²) in [6.07, 6.45) is 3.58. The lowest BCUT2D eigenvalue weighted by Gasteiger charge is -2.08. The second-order valence-electron chi connectivity index (χ2n) is 4.64. The molecule has 21 heavy (non-hydrogen) atoms. The second-order valence-corrected chi connectivity index (χ2v) is 4.64. The maximum absolute atomic E-state index is 5.81. The average molecular weight is 290 g/mol. The first-order chi connectivity index (χ1) is 10.3. The Hall–Kier alpha value is -2.01. The molecule has 1 heterocycles. The molecule has 2 aromatic rings. The quantitative estimate of drug-likeness (QED) is 0.758. The summed E-state index contributed by atoms with van der Waals surface area (Å²) in [6, 6.07) is 5.63. The number of aromatic nitrogens is 1. The Labute approximate surface area is 125 Å². The lowest BCUT2D eigenvalue weighted by Crippen LogP contribution is -2.14. The van der Waals surface area contributed by atoms with Gasteiger partial charge in [-0.2, -0.15) is 0 Å². The fourth-order valence-electron chi connectivity index (χ4n) is 2.09. The van der Waals surface area contributed by atoms with Crippen LogP contribution in [0, 0.1) is 0 Å². The Bertz CT molecular complexity index is 566. The molecule has 0 radical (unpaired) electrons. The Morgan fingerprint density at radius 2 is 2.10 bits per heavy atom. The molecule has 5 nitrogen and oxygen atoms in total. The van der Waals surface area contributed by atoms with Gasteiger partial charge in [0.2, 0.25) is 0 Å². The summed E-state index contributed by atoms with van der Waals surface area (Å²) in [5, 5.41) is 3.28. The van der Waals surface area contributed by atoms with Crippen LogP contribution in [-0.2, 0) is 6.42 Å². The maximum atomic E-state index is 5.81. The van der Waals surface area contributed by atoms with Crippen molar-refractivity contribution in [2.75, 3.05) is 27.3 Å². The van der Waals surface area contributed by atoms with Gasteiger partial charge in [-0.25, -0.2) is 4.98 Å². The number of aryl methyl sites for hydroxylation is 1. The normalized spacial score (nSPS) is 10.6. The molecule has 0 amide bonds. The third-order valence-corrected chi connectivity index (χ3v) is 3.22. The van der Waals surface area contributed by atoms with Gasteiger partial charge in [0.15, 0.2) is 11.7 Å². The highest BCUT2D eigenvalue weighted by Crippen LogP contribution is 2.33. The molecule has 0 bridgehead atoms. The number of nitrogens with zero attached hydrogens (tertiary/aromatic N) is 1. The van der Waals surface area contributed by atoms with Crippen molar-refractivity contribution < 1.29 is 13.9 Å². The Morgan fingerprint density at radius 3 is 2.81 bits per heavy atom. The number of nitrogens with one attached hydrogen (secondary N) is 1. The number of hydrogen-bond donors (Lipinski definition) is 1. The van der Waals surface area contributed by atoms with Crippen LogP contribution >= 0.6 is 0 Å². The van der Waals surface area contributed by atoms with E-state index in [4.69, 9.17) is 13.9 Å². The van der Waals surface area contributed by atoms with Crippen molar-refractivity contribution in [3.8, 4) is 22.8 Å². The molecule has 0 saturated carbocycles. The minimum atomic E-state index is 0.713. The first-order valence-electron chi connectivity index (χ1n) is 7.16. The topological polar surface area (TPSA) is 56.5 Å². The number of ether oxygens (including phenoxy) is 2. The molecule has 1 aromatic heterocycles. The van der Waals surface area contributed by atoms with Crippen LogP contribution in [-0.4, -0.2) is 32.3 Å². The summed E-state index contributed by atoms with van der Waals surface area (Å²) in [4.78, 5) is 4.33. The van der Waals surface area contributed by atoms with Crippen LogP contribution in [0.1, 0.15) is 19.2 Å². The van der Waals surface area contributed by atoms with Crippen LogP contribution in [0.5, 0.6) is 11.5 Å². The molecule has 0 aliphatic heterocycles. The Kier molecular flexibility index (Phi) is 5.63. The van der Waals surface area contributed by atoms with E-state index in [1.165, 1.54) is 0 Å². The summed E-state index contributed by atoms with van der Waals surface area (Å²) in [5.74, 6) is 2.93. The Balaban J connectivity index is 2.10. The van der Waals surface area contributed by atoms with Crippen molar-refractivity contribution in [1.82, 2.24) is 10.3 Å². The fourth-order valence-corrected chi connectivity index (χ4v) is 2.09. The first-order valence-corrected chi connectivity index (χ1v) is 7.16. The molecule has 5 heteroatoms. The zero-order valence-electron chi connectivity index (χ0n) is 12.8. The van der Waals surface area contributed by atoms with Crippen molar-refractivity contribution in [3.63, 3.8) is 0 Å². The van der Waals surface area contributed by atoms with E-state index in [1.54, 1.807) is 20.4 Å². The smallest absolute Gasteiger partial charge is 0.194 e. The number of oxazole rings is 1. The van der Waals surface area contributed by atoms with E-state index in [0.717, 1.165) is 43.1 Å². The van der Waals surface area contributed by atoms with E-state index < -0.39 is 0 Å². The SMILES string of the molecule is CCNCCCc1ncc(-c2ccc(OC)cc2OC)o1. The van der Waals surface area contributed by atoms with Gasteiger partial charge in [0.1, 0.15) is 11.5 Å². The van der Waals surface area contributed by atoms with Gasteiger partial charge in [-0.3, -0.25) is 0 Å². The van der Waals surface area contributed by atoms with E-state index in [2.05, 4.69) is 17.2 Å². The number of rotatable bonds is 8. The maximum Gasteiger partial charge on any atom is 0.194 e. The molecule has 1 aromatic carbocycles. The monoisotopic (exact) mass is 290 g/mol. The van der Waals surface area contributed by atoms with Crippen LogP contribution < -0.4 is 14.8 Å². The minimum Gasteiger partial charge on any atom is -0.497 e. The zero-order chi connectivity index (χ0) is 15.1. The molecule has 0 spiro atoms. The van der Waals surface area contributed by atoms with Crippen LogP contribution in [0.15, 0.2) is 28.8 Å². The van der Waals surface area contributed by atoms with Gasteiger partial charge < -0.3 is 19.2 Å². The molecule has 0 unspecified atom stereocenters. The lowest BCUT2D eigenvalue weighted by atomic mass is 10.1. The average Bonchev–Trinajstić information content (AvgIpc) is 2.99. The van der Waals surface area contributed by atoms with Crippen LogP contribution in [0.4, 0.5) is 0 Å². The standard InChI is InChI=1S/C16H22N2O3/c1-4-17-9-5-6-16-18-11-15(21-16)13-8-7-12(19-2)10-14(13)20-3/h7-8,10-11,17H,4-6,9H2,1-3H3. The summed E-state index contributed by atoms with van der Waals surface area (Å²) >= 11 is 0. The first kappa shape index (κ1) is 15.4. The van der Waals surface area contributed by atoms with Crippen molar-refractivity contribution in [2.24, 2.45) is 0 Å². The molecule has 0 aliphatic carbocycles. The fraction of sp³-hybridized carbons (Fsp3) is 0.438. The van der Waals surface area contributed by atoms with Crippen LogP contribution in [0.25, 0.3) is 11.3 Å². The van der Waals surface area contributed by atoms with Gasteiger partial charge in [0.05, 0.1) is 26.0 Å². The third-order valence-electron chi connectivity index (χ3n) is 3.22. The van der Waals surface area contributed by atoms with Gasteiger partial charge in [-0.15, -0.1) is 0 Å². The summed E-state index contributed by atoms with van der Waals surface area (Å²) in [7, 11) is 3.26. The van der Waals surface area contributed by atoms with Gasteiger partial charge in [-0.1, -0.05) is 6.92 Å². The van der Waals surface area contributed by atoms with Crippen LogP contribution in [0.2, 0.25) is 0 Å². The molecule has 114 valence electrons. The number of hydrogen-bond acceptors (Lipinski definition) is 5. The van der Waals surface area contributed by atoms with E-state index in [-0.39, 0.29) is 0 Å². The summed E-state index contributed by atoms with van der Waals surface area (Å²) < 4.78 is 16.4. The molecular formula is C16H22N2O3. The van der Waals surface area contributed by atoms with Gasteiger partial charge in [-0.05, 0) is 31.6 Å². The van der Waals surface area contributed by atoms with Crippen molar-refractivity contribution in [2.45, 2.75) is 19.8 Å². The van der Waals surface area contributed by atoms with E-state index in [9.17, 15) is 0 Å². The molecule has 0 atom stereocenters. The van der Waals surface area contributed by atoms with Gasteiger partial charge in [0.25, 0.3) is 0 Å². The summed E-state index contributed by atoms with van der Waals surface area (Å²) in [5.41, 5.74) is 0.878. The number of benzene rings is 1. The zero-order valence-corrected chi connectivity index (χ0v) is 12.8. The highest BCUT2D eigenvalue weighted by atomic mass is 16.5. The number of methoxy groups -OCH3 is 2. The molecule has 0 aliphatic rings. The molecule has 2 rings (SSSR count). The van der Waals surface area contributed by atoms with Crippen molar-refractivity contribution in [1.29, 1.82) is 0 Å². The molecule has 0 saturated heterocycles. The largest absolute Gasteiger partial charge is 0.497 e. The Morgan fingerprint density at radius 1 is 1.24 bits per heavy atom. The lowest BCUT2D eigenvalue weighted by molar-refractivity contribution is 0.394. The van der Waals surface area contributed by atoms with Gasteiger partial charge >= 0.3 is 0 Å². The second kappa shape index (κ2) is 7.69. The minimum absolute atomic E-state index is 0.713. The predicted molar refractivity (Wildman–Crippen MR) is 81.9 cm³/mol. The molecule has 0 fully saturated rings. The molecular weight excluding hydrogens is 268 g/mol. The van der Waals surface area contributed by atoms with E-state index in [0.29, 0.717) is 11.5 Å². The highest BCUT2D eigenvalue weighted by Gasteiger charge is 2.12. The third kappa shape index (κ3) is 3.98. The van der Waals surface area contributed by atoms with Crippen molar-refractivity contribution >= 4 is 0 Å². The van der Waals surface area contributed by atoms with Gasteiger partial charge in [0, 0.05) is 12.5 Å². The van der Waals surface area contributed by atoms with Crippen molar-refractivity contribution in [3.05, 3.63) is 30.3 Å². The predicted octanol–water partition coefficient (Wildman–Crippen LogP) is 2.90. The van der Waals surface area contributed by atoms with E-state index >= 15 is 0 Å².